The van der Waals surface area contributed by atoms with Crippen LogP contribution in [0.1, 0.15) is 100.0 Å². The summed E-state index contributed by atoms with van der Waals surface area (Å²) in [5, 5.41) is 26.1. The minimum absolute atomic E-state index is 0.0160. The van der Waals surface area contributed by atoms with Crippen molar-refractivity contribution in [1.29, 1.82) is 0 Å². The van der Waals surface area contributed by atoms with Crippen LogP contribution >= 0.6 is 22.7 Å². The molecule has 3 aliphatic carbocycles. The van der Waals surface area contributed by atoms with Gasteiger partial charge in [-0.25, -0.2) is 0 Å². The van der Waals surface area contributed by atoms with Crippen molar-refractivity contribution < 1.29 is 29.3 Å². The second-order valence-electron chi connectivity index (χ2n) is 15.2. The van der Waals surface area contributed by atoms with Gasteiger partial charge in [0.2, 0.25) is 11.7 Å². The maximum atomic E-state index is 14.3. The quantitative estimate of drug-likeness (QED) is 0.118. The van der Waals surface area contributed by atoms with Gasteiger partial charge in [0.05, 0.1) is 37.2 Å². The van der Waals surface area contributed by atoms with Crippen molar-refractivity contribution in [3.05, 3.63) is 115 Å². The Morgan fingerprint density at radius 2 is 1.79 bits per heavy atom. The van der Waals surface area contributed by atoms with Crippen LogP contribution in [-0.4, -0.2) is 65.8 Å². The van der Waals surface area contributed by atoms with Gasteiger partial charge >= 0.3 is 0 Å². The van der Waals surface area contributed by atoms with E-state index in [0.717, 1.165) is 34.4 Å². The number of amides is 1. The molecule has 53 heavy (non-hydrogen) atoms. The average Bonchev–Trinajstić information content (AvgIpc) is 3.89. The summed E-state index contributed by atoms with van der Waals surface area (Å²) in [7, 11) is 3.18. The number of allylic oxidation sites excluding steroid dienone is 2. The molecule has 2 aromatic carbocycles. The highest BCUT2D eigenvalue weighted by atomic mass is 32.1. The maximum Gasteiger partial charge on any atom is 0.227 e. The van der Waals surface area contributed by atoms with Crippen LogP contribution in [-0.2, 0) is 24.1 Å². The normalized spacial score (nSPS) is 23.2. The van der Waals surface area contributed by atoms with Crippen LogP contribution in [0, 0.1) is 12.3 Å². The Morgan fingerprint density at radius 1 is 0.981 bits per heavy atom. The van der Waals surface area contributed by atoms with E-state index in [1.165, 1.54) is 21.8 Å². The minimum Gasteiger partial charge on any atom is -0.493 e. The zero-order valence-corrected chi connectivity index (χ0v) is 33.3. The van der Waals surface area contributed by atoms with Gasteiger partial charge in [-0.1, -0.05) is 42.8 Å². The van der Waals surface area contributed by atoms with Gasteiger partial charge in [0.25, 0.3) is 0 Å². The number of ketones is 1. The molecular formula is C44H53NO6S2. The van der Waals surface area contributed by atoms with Crippen LogP contribution in [0.4, 0.5) is 0 Å². The van der Waals surface area contributed by atoms with Gasteiger partial charge in [-0.15, -0.1) is 22.7 Å². The van der Waals surface area contributed by atoms with Crippen LogP contribution in [0.5, 0.6) is 11.5 Å². The van der Waals surface area contributed by atoms with E-state index in [0.29, 0.717) is 67.0 Å². The number of rotatable bonds is 11. The number of aliphatic hydroxyl groups excluding tert-OH is 1. The molecule has 0 unspecified atom stereocenters. The maximum absolute atomic E-state index is 14.3. The zero-order valence-electron chi connectivity index (χ0n) is 31.7. The van der Waals surface area contributed by atoms with E-state index >= 15 is 0 Å². The minimum atomic E-state index is -1.21. The first-order valence-electron chi connectivity index (χ1n) is 18.7. The van der Waals surface area contributed by atoms with Crippen molar-refractivity contribution in [2.45, 2.75) is 96.2 Å². The Bertz CT molecular complexity index is 1930. The molecule has 1 fully saturated rings. The van der Waals surface area contributed by atoms with Gasteiger partial charge in [0.15, 0.2) is 11.5 Å². The first-order chi connectivity index (χ1) is 25.4. The van der Waals surface area contributed by atoms with E-state index in [1.807, 2.05) is 59.7 Å². The average molecular weight is 756 g/mol. The number of fused-ring (bicyclic) bond motifs is 8. The molecule has 2 heterocycles. The Kier molecular flexibility index (Phi) is 12.3. The lowest BCUT2D eigenvalue weighted by Crippen LogP contribution is -2.54. The molecule has 4 atom stereocenters. The number of hydrogen-bond acceptors (Lipinski definition) is 8. The predicted molar refractivity (Wildman–Crippen MR) is 214 cm³/mol. The number of aliphatic hydroxyl groups is 2. The molecule has 0 spiro atoms. The molecule has 2 aromatic heterocycles. The van der Waals surface area contributed by atoms with Crippen molar-refractivity contribution in [2.24, 2.45) is 5.41 Å². The second kappa shape index (κ2) is 16.7. The molecule has 2 N–H and O–H groups in total. The Balaban J connectivity index is 1.38. The smallest absolute Gasteiger partial charge is 0.227 e. The van der Waals surface area contributed by atoms with Gasteiger partial charge in [0, 0.05) is 33.8 Å². The Hall–Kier alpha value is -3.76. The number of hydrogen-bond donors (Lipinski definition) is 2. The highest BCUT2D eigenvalue weighted by Gasteiger charge is 2.57. The van der Waals surface area contributed by atoms with Crippen LogP contribution < -0.4 is 9.47 Å². The Labute approximate surface area is 322 Å². The molecule has 1 saturated carbocycles. The van der Waals surface area contributed by atoms with Gasteiger partial charge in [0.1, 0.15) is 0 Å². The molecule has 7 rings (SSSR count). The van der Waals surface area contributed by atoms with E-state index in [4.69, 9.17) is 9.47 Å². The fourth-order valence-corrected chi connectivity index (χ4v) is 9.99. The molecule has 0 aliphatic heterocycles. The summed E-state index contributed by atoms with van der Waals surface area (Å²) in [6.07, 6.45) is 7.12. The molecule has 7 nitrogen and oxygen atoms in total. The highest BCUT2D eigenvalue weighted by molar-refractivity contribution is 7.14. The largest absolute Gasteiger partial charge is 0.493 e. The first-order valence-corrected chi connectivity index (χ1v) is 20.4. The standard InChI is InChI=1S/C44H53NO6S2/c1-29-8-6-20-43(3)37(35-15-12-31(24-33(46)14-10-29)25-36(35)42(48)40-17-11-30(2)53-40)18-21-44(43,49)28-45(22-19-34-9-7-23-52-34)41(47)27-32-13-16-38(50-4)39(26-32)51-5/h7-9,11-13,15-17,23,25-26,33,37,46,49H,6,10,14,18-22,24,27-28H2,1-5H3/t33-,37-,43-,44+/m0/s1. The molecule has 0 radical (unpaired) electrons. The van der Waals surface area contributed by atoms with Gasteiger partial charge in [-0.05, 0) is 130 Å². The molecule has 2 bridgehead atoms. The summed E-state index contributed by atoms with van der Waals surface area (Å²) < 4.78 is 11.0. The van der Waals surface area contributed by atoms with Crippen molar-refractivity contribution in [2.75, 3.05) is 27.3 Å². The molecule has 3 aliphatic rings. The number of aryl methyl sites for hydroxylation is 1. The van der Waals surface area contributed by atoms with Crippen molar-refractivity contribution >= 4 is 34.4 Å². The number of ether oxygens (including phenoxy) is 2. The van der Waals surface area contributed by atoms with Gasteiger partial charge in [-0.3, -0.25) is 9.59 Å². The zero-order chi connectivity index (χ0) is 37.8. The summed E-state index contributed by atoms with van der Waals surface area (Å²) in [4.78, 5) is 33.5. The number of thiophene rings is 2. The number of methoxy groups -OCH3 is 2. The fraction of sp³-hybridized carbons (Fsp3) is 0.455. The fourth-order valence-electron chi connectivity index (χ4n) is 8.47. The van der Waals surface area contributed by atoms with Crippen LogP contribution in [0.15, 0.2) is 77.7 Å². The third kappa shape index (κ3) is 8.64. The summed E-state index contributed by atoms with van der Waals surface area (Å²) in [6.45, 7) is 6.97. The summed E-state index contributed by atoms with van der Waals surface area (Å²) in [6, 6.07) is 19.7. The van der Waals surface area contributed by atoms with Gasteiger partial charge < -0.3 is 24.6 Å². The lowest BCUT2D eigenvalue weighted by Gasteiger charge is -2.46. The highest BCUT2D eigenvalue weighted by Crippen LogP contribution is 2.59. The number of carbonyl (C=O) groups excluding carboxylic acids is 2. The van der Waals surface area contributed by atoms with Crippen LogP contribution in [0.2, 0.25) is 0 Å². The monoisotopic (exact) mass is 755 g/mol. The lowest BCUT2D eigenvalue weighted by molar-refractivity contribution is -0.139. The molecule has 1 amide bonds. The van der Waals surface area contributed by atoms with E-state index < -0.39 is 17.1 Å². The Morgan fingerprint density at radius 3 is 2.51 bits per heavy atom. The van der Waals surface area contributed by atoms with Gasteiger partial charge in [-0.2, -0.15) is 0 Å². The number of nitrogens with zero attached hydrogens (tertiary/aromatic N) is 1. The summed E-state index contributed by atoms with van der Waals surface area (Å²) >= 11 is 3.17. The number of benzene rings is 2. The molecule has 9 heteroatoms. The van der Waals surface area contributed by atoms with Crippen molar-refractivity contribution in [1.82, 2.24) is 4.90 Å². The predicted octanol–water partition coefficient (Wildman–Crippen LogP) is 8.72. The van der Waals surface area contributed by atoms with E-state index in [9.17, 15) is 19.8 Å². The molecule has 4 aromatic rings. The molecule has 0 saturated heterocycles. The molecular weight excluding hydrogens is 703 g/mol. The van der Waals surface area contributed by atoms with Crippen LogP contribution in [0.3, 0.4) is 0 Å². The first kappa shape index (κ1) is 38.9. The topological polar surface area (TPSA) is 96.3 Å². The van der Waals surface area contributed by atoms with E-state index in [1.54, 1.807) is 25.6 Å². The second-order valence-corrected chi connectivity index (χ2v) is 17.5. The molecule has 282 valence electrons. The number of carbonyl (C=O) groups is 2. The SMILES string of the molecule is COc1ccc(CC(=O)N(CCc2cccs2)C[C@]2(O)CC[C@H]3c4ccc(cc4C(=O)c4ccc(C)s4)C[C@@H](O)CCC(C)=CCC[C@@]32C)cc1OC. The summed E-state index contributed by atoms with van der Waals surface area (Å²) in [5.74, 6) is 0.977. The van der Waals surface area contributed by atoms with E-state index in [-0.39, 0.29) is 30.6 Å². The van der Waals surface area contributed by atoms with Crippen LogP contribution in [0.25, 0.3) is 0 Å². The third-order valence-electron chi connectivity index (χ3n) is 11.7. The van der Waals surface area contributed by atoms with E-state index in [2.05, 4.69) is 38.1 Å². The third-order valence-corrected chi connectivity index (χ3v) is 13.6. The van der Waals surface area contributed by atoms with Crippen molar-refractivity contribution in [3.63, 3.8) is 0 Å². The lowest BCUT2D eigenvalue weighted by atomic mass is 9.64. The van der Waals surface area contributed by atoms with Crippen molar-refractivity contribution in [3.8, 4) is 11.5 Å². The summed E-state index contributed by atoms with van der Waals surface area (Å²) in [5.41, 5.74) is 2.70.